The van der Waals surface area contributed by atoms with Gasteiger partial charge in [-0.3, -0.25) is 4.79 Å². The van der Waals surface area contributed by atoms with Crippen LogP contribution in [0.1, 0.15) is 57.7 Å². The summed E-state index contributed by atoms with van der Waals surface area (Å²) in [4.78, 5) is 18.6. The molecule has 1 aromatic carbocycles. The summed E-state index contributed by atoms with van der Waals surface area (Å²) in [5.74, 6) is 1.47. The van der Waals surface area contributed by atoms with Gasteiger partial charge in [-0.15, -0.1) is 24.0 Å². The molecule has 2 rings (SSSR count). The van der Waals surface area contributed by atoms with E-state index in [0.29, 0.717) is 11.9 Å². The Hall–Kier alpha value is -1.31. The third kappa shape index (κ3) is 8.07. The van der Waals surface area contributed by atoms with E-state index in [2.05, 4.69) is 60.7 Å². The summed E-state index contributed by atoms with van der Waals surface area (Å²) < 4.78 is 0. The average molecular weight is 486 g/mol. The Balaban J connectivity index is 0.00000364. The normalized spacial score (nSPS) is 15.4. The molecule has 1 fully saturated rings. The SMILES string of the molecule is CCNC(=NCC(=O)N1CCCC1)NC(C)c1ccc(CC(C)C)cc1.I. The van der Waals surface area contributed by atoms with E-state index in [0.717, 1.165) is 38.9 Å². The van der Waals surface area contributed by atoms with Crippen molar-refractivity contribution in [3.8, 4) is 0 Å². The van der Waals surface area contributed by atoms with E-state index >= 15 is 0 Å². The molecule has 0 bridgehead atoms. The van der Waals surface area contributed by atoms with Crippen LogP contribution in [0.4, 0.5) is 0 Å². The summed E-state index contributed by atoms with van der Waals surface area (Å²) >= 11 is 0. The van der Waals surface area contributed by atoms with Gasteiger partial charge in [-0.1, -0.05) is 38.1 Å². The first-order valence-corrected chi connectivity index (χ1v) is 9.91. The fraction of sp³-hybridized carbons (Fsp3) is 0.619. The smallest absolute Gasteiger partial charge is 0.244 e. The topological polar surface area (TPSA) is 56.7 Å². The summed E-state index contributed by atoms with van der Waals surface area (Å²) in [6.45, 7) is 11.3. The number of likely N-dealkylation sites (tertiary alicyclic amines) is 1. The molecule has 27 heavy (non-hydrogen) atoms. The molecule has 1 heterocycles. The highest BCUT2D eigenvalue weighted by Crippen LogP contribution is 2.15. The van der Waals surface area contributed by atoms with E-state index in [1.807, 2.05) is 11.8 Å². The molecule has 0 radical (unpaired) electrons. The molecule has 1 aliphatic heterocycles. The first-order valence-electron chi connectivity index (χ1n) is 9.91. The lowest BCUT2D eigenvalue weighted by Gasteiger charge is -2.19. The molecule has 0 aliphatic carbocycles. The zero-order valence-corrected chi connectivity index (χ0v) is 19.5. The fourth-order valence-corrected chi connectivity index (χ4v) is 3.24. The fourth-order valence-electron chi connectivity index (χ4n) is 3.24. The number of carbonyl (C=O) groups excluding carboxylic acids is 1. The van der Waals surface area contributed by atoms with Gasteiger partial charge in [-0.25, -0.2) is 4.99 Å². The van der Waals surface area contributed by atoms with E-state index < -0.39 is 0 Å². The number of benzene rings is 1. The minimum Gasteiger partial charge on any atom is -0.357 e. The molecule has 0 saturated carbocycles. The lowest BCUT2D eigenvalue weighted by molar-refractivity contribution is -0.128. The van der Waals surface area contributed by atoms with Gasteiger partial charge in [0.25, 0.3) is 0 Å². The number of nitrogens with one attached hydrogen (secondary N) is 2. The van der Waals surface area contributed by atoms with Gasteiger partial charge in [0.2, 0.25) is 5.91 Å². The van der Waals surface area contributed by atoms with E-state index in [4.69, 9.17) is 0 Å². The molecule has 1 atom stereocenters. The molecule has 5 nitrogen and oxygen atoms in total. The summed E-state index contributed by atoms with van der Waals surface area (Å²) in [5.41, 5.74) is 2.58. The van der Waals surface area contributed by atoms with Crippen molar-refractivity contribution >= 4 is 35.8 Å². The minimum absolute atomic E-state index is 0. The van der Waals surface area contributed by atoms with Crippen LogP contribution in [0.3, 0.4) is 0 Å². The molecular formula is C21H35IN4O. The molecule has 2 N–H and O–H groups in total. The molecular weight excluding hydrogens is 451 g/mol. The number of aliphatic imine (C=N–C) groups is 1. The molecule has 6 heteroatoms. The highest BCUT2D eigenvalue weighted by molar-refractivity contribution is 14.0. The van der Waals surface area contributed by atoms with E-state index in [1.54, 1.807) is 0 Å². The maximum atomic E-state index is 12.2. The van der Waals surface area contributed by atoms with Crippen molar-refractivity contribution < 1.29 is 4.79 Å². The lowest BCUT2D eigenvalue weighted by Crippen LogP contribution is -2.40. The predicted molar refractivity (Wildman–Crippen MR) is 124 cm³/mol. The Labute approximate surface area is 181 Å². The summed E-state index contributed by atoms with van der Waals surface area (Å²) in [6, 6.07) is 8.88. The second-order valence-corrected chi connectivity index (χ2v) is 7.49. The number of hydrogen-bond acceptors (Lipinski definition) is 2. The monoisotopic (exact) mass is 486 g/mol. The Morgan fingerprint density at radius 1 is 1.15 bits per heavy atom. The van der Waals surface area contributed by atoms with Gasteiger partial charge in [-0.2, -0.15) is 0 Å². The first kappa shape index (κ1) is 23.7. The Kier molecular flexibility index (Phi) is 10.7. The minimum atomic E-state index is 0. The van der Waals surface area contributed by atoms with Crippen molar-refractivity contribution in [1.29, 1.82) is 0 Å². The Morgan fingerprint density at radius 2 is 1.78 bits per heavy atom. The highest BCUT2D eigenvalue weighted by atomic mass is 127. The molecule has 152 valence electrons. The second kappa shape index (κ2) is 12.2. The van der Waals surface area contributed by atoms with Gasteiger partial charge in [0.15, 0.2) is 5.96 Å². The number of nitrogens with zero attached hydrogens (tertiary/aromatic N) is 2. The van der Waals surface area contributed by atoms with Crippen LogP contribution >= 0.6 is 24.0 Å². The van der Waals surface area contributed by atoms with E-state index in [-0.39, 0.29) is 42.5 Å². The van der Waals surface area contributed by atoms with E-state index in [9.17, 15) is 4.79 Å². The number of carbonyl (C=O) groups is 1. The Morgan fingerprint density at radius 3 is 2.33 bits per heavy atom. The molecule has 1 aromatic rings. The highest BCUT2D eigenvalue weighted by Gasteiger charge is 2.17. The maximum Gasteiger partial charge on any atom is 0.244 e. The Bertz CT molecular complexity index is 595. The van der Waals surface area contributed by atoms with Crippen molar-refractivity contribution in [1.82, 2.24) is 15.5 Å². The molecule has 1 amide bonds. The van der Waals surface area contributed by atoms with E-state index in [1.165, 1.54) is 11.1 Å². The quantitative estimate of drug-likeness (QED) is 0.351. The van der Waals surface area contributed by atoms with Gasteiger partial charge in [0.1, 0.15) is 6.54 Å². The number of halogens is 1. The molecule has 0 aromatic heterocycles. The predicted octanol–water partition coefficient (Wildman–Crippen LogP) is 3.74. The van der Waals surface area contributed by atoms with Gasteiger partial charge in [0.05, 0.1) is 6.04 Å². The van der Waals surface area contributed by atoms with Crippen molar-refractivity contribution in [2.75, 3.05) is 26.2 Å². The average Bonchev–Trinajstić information content (AvgIpc) is 3.14. The first-order chi connectivity index (χ1) is 12.5. The zero-order chi connectivity index (χ0) is 18.9. The lowest BCUT2D eigenvalue weighted by atomic mass is 10.00. The number of guanidine groups is 1. The number of hydrogen-bond donors (Lipinski definition) is 2. The molecule has 1 aliphatic rings. The van der Waals surface area contributed by atoms with Crippen LogP contribution in [0.5, 0.6) is 0 Å². The standard InChI is InChI=1S/C21H34N4O.HI/c1-5-22-21(23-15-20(26)25-12-6-7-13-25)24-17(4)19-10-8-18(9-11-19)14-16(2)3;/h8-11,16-17H,5-7,12-15H2,1-4H3,(H2,22,23,24);1H. The van der Waals surface area contributed by atoms with Crippen LogP contribution in [0.2, 0.25) is 0 Å². The van der Waals surface area contributed by atoms with Crippen LogP contribution in [0, 0.1) is 5.92 Å². The summed E-state index contributed by atoms with van der Waals surface area (Å²) in [5, 5.41) is 6.64. The third-order valence-electron chi connectivity index (χ3n) is 4.65. The van der Waals surface area contributed by atoms with Crippen molar-refractivity contribution in [2.45, 2.75) is 53.0 Å². The third-order valence-corrected chi connectivity index (χ3v) is 4.65. The van der Waals surface area contributed by atoms with Crippen LogP contribution in [0.15, 0.2) is 29.3 Å². The van der Waals surface area contributed by atoms with Crippen LogP contribution in [-0.4, -0.2) is 42.9 Å². The van der Waals surface area contributed by atoms with Gasteiger partial charge >= 0.3 is 0 Å². The second-order valence-electron chi connectivity index (χ2n) is 7.49. The number of amides is 1. The van der Waals surface area contributed by atoms with Crippen molar-refractivity contribution in [3.63, 3.8) is 0 Å². The van der Waals surface area contributed by atoms with Gasteiger partial charge in [0, 0.05) is 19.6 Å². The van der Waals surface area contributed by atoms with Crippen LogP contribution < -0.4 is 10.6 Å². The van der Waals surface area contributed by atoms with Crippen LogP contribution in [0.25, 0.3) is 0 Å². The van der Waals surface area contributed by atoms with Crippen molar-refractivity contribution in [3.05, 3.63) is 35.4 Å². The molecule has 1 saturated heterocycles. The molecule has 1 unspecified atom stereocenters. The molecule has 0 spiro atoms. The maximum absolute atomic E-state index is 12.2. The largest absolute Gasteiger partial charge is 0.357 e. The zero-order valence-electron chi connectivity index (χ0n) is 17.1. The summed E-state index contributed by atoms with van der Waals surface area (Å²) in [6.07, 6.45) is 3.32. The van der Waals surface area contributed by atoms with Crippen LogP contribution in [-0.2, 0) is 11.2 Å². The van der Waals surface area contributed by atoms with Gasteiger partial charge < -0.3 is 15.5 Å². The van der Waals surface area contributed by atoms with Crippen molar-refractivity contribution in [2.24, 2.45) is 10.9 Å². The summed E-state index contributed by atoms with van der Waals surface area (Å²) in [7, 11) is 0. The number of rotatable bonds is 7. The van der Waals surface area contributed by atoms with Gasteiger partial charge in [-0.05, 0) is 50.2 Å².